The van der Waals surface area contributed by atoms with Crippen LogP contribution in [0.25, 0.3) is 0 Å². The Bertz CT molecular complexity index is 644. The number of amides is 1. The first-order chi connectivity index (χ1) is 8.99. The van der Waals surface area contributed by atoms with E-state index in [1.807, 2.05) is 0 Å². The second-order valence-corrected chi connectivity index (χ2v) is 5.01. The second kappa shape index (κ2) is 5.70. The molecule has 0 fully saturated rings. The quantitative estimate of drug-likeness (QED) is 0.803. The van der Waals surface area contributed by atoms with Crippen molar-refractivity contribution in [3.8, 4) is 0 Å². The molecule has 6 heteroatoms. The highest BCUT2D eigenvalue weighted by Crippen LogP contribution is 2.27. The lowest BCUT2D eigenvalue weighted by atomic mass is 10.1. The molecule has 0 bridgehead atoms. The number of carbonyl (C=O) groups excluding carboxylic acids is 1. The van der Waals surface area contributed by atoms with E-state index in [4.69, 9.17) is 40.5 Å². The summed E-state index contributed by atoms with van der Waals surface area (Å²) in [4.78, 5) is 12.1. The standard InChI is InChI=1S/C13H9Cl3N2O/c14-9-5-4-7(6-11(9)16)18-13(19)8-2-1-3-10(15)12(8)17/h1-6H,17H2,(H,18,19). The molecule has 0 aliphatic rings. The van der Waals surface area contributed by atoms with Crippen molar-refractivity contribution >= 4 is 52.1 Å². The smallest absolute Gasteiger partial charge is 0.257 e. The predicted molar refractivity (Wildman–Crippen MR) is 80.3 cm³/mol. The third kappa shape index (κ3) is 3.13. The Hall–Kier alpha value is -1.42. The fourth-order valence-corrected chi connectivity index (χ4v) is 1.98. The lowest BCUT2D eigenvalue weighted by Crippen LogP contribution is -2.14. The highest BCUT2D eigenvalue weighted by atomic mass is 35.5. The first-order valence-electron chi connectivity index (χ1n) is 5.29. The molecule has 3 nitrogen and oxygen atoms in total. The Morgan fingerprint density at radius 1 is 1.00 bits per heavy atom. The average Bonchev–Trinajstić information content (AvgIpc) is 2.37. The summed E-state index contributed by atoms with van der Waals surface area (Å²) in [6, 6.07) is 9.67. The van der Waals surface area contributed by atoms with Gasteiger partial charge in [-0.1, -0.05) is 40.9 Å². The van der Waals surface area contributed by atoms with Gasteiger partial charge in [0, 0.05) is 5.69 Å². The van der Waals surface area contributed by atoms with Crippen molar-refractivity contribution in [1.82, 2.24) is 0 Å². The first kappa shape index (κ1) is 14.0. The maximum atomic E-state index is 12.1. The summed E-state index contributed by atoms with van der Waals surface area (Å²) in [6.07, 6.45) is 0. The normalized spacial score (nSPS) is 10.3. The molecule has 0 spiro atoms. The number of hydrogen-bond donors (Lipinski definition) is 2. The van der Waals surface area contributed by atoms with E-state index < -0.39 is 0 Å². The zero-order valence-corrected chi connectivity index (χ0v) is 11.9. The number of halogens is 3. The van der Waals surface area contributed by atoms with Crippen LogP contribution in [0.4, 0.5) is 11.4 Å². The van der Waals surface area contributed by atoms with E-state index >= 15 is 0 Å². The van der Waals surface area contributed by atoms with E-state index in [1.165, 1.54) is 0 Å². The summed E-state index contributed by atoms with van der Waals surface area (Å²) < 4.78 is 0. The maximum absolute atomic E-state index is 12.1. The van der Waals surface area contributed by atoms with Gasteiger partial charge in [0.2, 0.25) is 0 Å². The van der Waals surface area contributed by atoms with Crippen molar-refractivity contribution < 1.29 is 4.79 Å². The highest BCUT2D eigenvalue weighted by molar-refractivity contribution is 6.42. The molecule has 0 saturated carbocycles. The number of nitrogen functional groups attached to an aromatic ring is 1. The number of rotatable bonds is 2. The van der Waals surface area contributed by atoms with Crippen LogP contribution >= 0.6 is 34.8 Å². The van der Waals surface area contributed by atoms with Gasteiger partial charge in [0.25, 0.3) is 5.91 Å². The maximum Gasteiger partial charge on any atom is 0.257 e. The van der Waals surface area contributed by atoms with Gasteiger partial charge in [0.1, 0.15) is 0 Å². The average molecular weight is 316 g/mol. The summed E-state index contributed by atoms with van der Waals surface area (Å²) in [5, 5.41) is 3.79. The lowest BCUT2D eigenvalue weighted by molar-refractivity contribution is 0.102. The summed E-state index contributed by atoms with van der Waals surface area (Å²) >= 11 is 17.5. The molecule has 2 aromatic carbocycles. The van der Waals surface area contributed by atoms with Crippen LogP contribution in [0.3, 0.4) is 0 Å². The van der Waals surface area contributed by atoms with Gasteiger partial charge in [0.15, 0.2) is 0 Å². The minimum absolute atomic E-state index is 0.238. The molecule has 0 radical (unpaired) electrons. The molecular weight excluding hydrogens is 307 g/mol. The lowest BCUT2D eigenvalue weighted by Gasteiger charge is -2.09. The number of para-hydroxylation sites is 1. The zero-order chi connectivity index (χ0) is 14.0. The SMILES string of the molecule is Nc1c(Cl)cccc1C(=O)Nc1ccc(Cl)c(Cl)c1. The van der Waals surface area contributed by atoms with Crippen LogP contribution in [0.1, 0.15) is 10.4 Å². The van der Waals surface area contributed by atoms with Gasteiger partial charge in [-0.3, -0.25) is 4.79 Å². The monoisotopic (exact) mass is 314 g/mol. The minimum Gasteiger partial charge on any atom is -0.397 e. The zero-order valence-electron chi connectivity index (χ0n) is 9.58. The molecule has 2 aromatic rings. The number of carbonyl (C=O) groups is 1. The molecule has 0 atom stereocenters. The van der Waals surface area contributed by atoms with Crippen molar-refractivity contribution in [1.29, 1.82) is 0 Å². The van der Waals surface area contributed by atoms with Gasteiger partial charge < -0.3 is 11.1 Å². The van der Waals surface area contributed by atoms with E-state index in [-0.39, 0.29) is 11.6 Å². The van der Waals surface area contributed by atoms with Crippen molar-refractivity contribution in [2.75, 3.05) is 11.1 Å². The van der Waals surface area contributed by atoms with Gasteiger partial charge in [-0.25, -0.2) is 0 Å². The predicted octanol–water partition coefficient (Wildman–Crippen LogP) is 4.48. The molecule has 3 N–H and O–H groups in total. The minimum atomic E-state index is -0.363. The summed E-state index contributed by atoms with van der Waals surface area (Å²) in [5.41, 5.74) is 6.82. The number of anilines is 2. The molecule has 98 valence electrons. The van der Waals surface area contributed by atoms with Gasteiger partial charge in [-0.05, 0) is 30.3 Å². The van der Waals surface area contributed by atoms with Crippen LogP contribution in [-0.4, -0.2) is 5.91 Å². The number of nitrogens with two attached hydrogens (primary N) is 1. The highest BCUT2D eigenvalue weighted by Gasteiger charge is 2.12. The molecule has 0 aliphatic carbocycles. The van der Waals surface area contributed by atoms with Crippen LogP contribution in [0.5, 0.6) is 0 Å². The molecular formula is C13H9Cl3N2O. The number of benzene rings is 2. The second-order valence-electron chi connectivity index (χ2n) is 3.78. The molecule has 1 amide bonds. The summed E-state index contributed by atoms with van der Waals surface area (Å²) in [6.45, 7) is 0. The van der Waals surface area contributed by atoms with E-state index in [0.717, 1.165) is 0 Å². The Labute approximate surface area is 125 Å². The number of nitrogens with one attached hydrogen (secondary N) is 1. The number of hydrogen-bond acceptors (Lipinski definition) is 2. The van der Waals surface area contributed by atoms with Crippen molar-refractivity contribution in [2.24, 2.45) is 0 Å². The van der Waals surface area contributed by atoms with Crippen LogP contribution in [0.2, 0.25) is 15.1 Å². The Kier molecular flexibility index (Phi) is 4.20. The fraction of sp³-hybridized carbons (Fsp3) is 0. The molecule has 0 heterocycles. The van der Waals surface area contributed by atoms with Crippen LogP contribution in [0.15, 0.2) is 36.4 Å². The van der Waals surface area contributed by atoms with E-state index in [1.54, 1.807) is 36.4 Å². The summed E-state index contributed by atoms with van der Waals surface area (Å²) in [7, 11) is 0. The van der Waals surface area contributed by atoms with Gasteiger partial charge in [-0.15, -0.1) is 0 Å². The van der Waals surface area contributed by atoms with Crippen molar-refractivity contribution in [2.45, 2.75) is 0 Å². The van der Waals surface area contributed by atoms with Crippen molar-refractivity contribution in [3.05, 3.63) is 57.0 Å². The molecule has 0 unspecified atom stereocenters. The Balaban J connectivity index is 2.26. The largest absolute Gasteiger partial charge is 0.397 e. The molecule has 0 aromatic heterocycles. The van der Waals surface area contributed by atoms with Gasteiger partial charge in [-0.2, -0.15) is 0 Å². The third-order valence-electron chi connectivity index (χ3n) is 2.48. The van der Waals surface area contributed by atoms with Crippen molar-refractivity contribution in [3.63, 3.8) is 0 Å². The van der Waals surface area contributed by atoms with Gasteiger partial charge in [0.05, 0.1) is 26.3 Å². The Morgan fingerprint density at radius 2 is 1.74 bits per heavy atom. The summed E-state index contributed by atoms with van der Waals surface area (Å²) in [5.74, 6) is -0.363. The van der Waals surface area contributed by atoms with E-state index in [9.17, 15) is 4.79 Å². The van der Waals surface area contributed by atoms with E-state index in [2.05, 4.69) is 5.32 Å². The molecule has 0 aliphatic heterocycles. The molecule has 19 heavy (non-hydrogen) atoms. The first-order valence-corrected chi connectivity index (χ1v) is 6.43. The topological polar surface area (TPSA) is 55.1 Å². The Morgan fingerprint density at radius 3 is 2.42 bits per heavy atom. The molecule has 2 rings (SSSR count). The van der Waals surface area contributed by atoms with Gasteiger partial charge >= 0.3 is 0 Å². The molecule has 0 saturated heterocycles. The van der Waals surface area contributed by atoms with Crippen LogP contribution in [-0.2, 0) is 0 Å². The van der Waals surface area contributed by atoms with Crippen LogP contribution in [0, 0.1) is 0 Å². The fourth-order valence-electron chi connectivity index (χ4n) is 1.51. The van der Waals surface area contributed by atoms with E-state index in [0.29, 0.717) is 26.3 Å². The third-order valence-corrected chi connectivity index (χ3v) is 3.54. The van der Waals surface area contributed by atoms with Crippen LogP contribution < -0.4 is 11.1 Å².